The van der Waals surface area contributed by atoms with Gasteiger partial charge in [0.15, 0.2) is 0 Å². The van der Waals surface area contributed by atoms with E-state index in [4.69, 9.17) is 4.74 Å². The van der Waals surface area contributed by atoms with Gasteiger partial charge in [-0.2, -0.15) is 0 Å². The van der Waals surface area contributed by atoms with Crippen LogP contribution in [0.4, 0.5) is 5.69 Å². The van der Waals surface area contributed by atoms with Crippen LogP contribution in [0.15, 0.2) is 42.6 Å². The van der Waals surface area contributed by atoms with Gasteiger partial charge in [0.1, 0.15) is 17.9 Å². The summed E-state index contributed by atoms with van der Waals surface area (Å²) in [6.07, 6.45) is 6.08. The number of likely N-dealkylation sites (tertiary alicyclic amines) is 1. The van der Waals surface area contributed by atoms with Crippen LogP contribution in [0.3, 0.4) is 0 Å². The summed E-state index contributed by atoms with van der Waals surface area (Å²) in [6, 6.07) is 11.6. The Kier molecular flexibility index (Phi) is 7.28. The Morgan fingerprint density at radius 2 is 1.91 bits per heavy atom. The number of hydrogen-bond donors (Lipinski definition) is 1. The number of ether oxygens (including phenoxy) is 1. The number of anilines is 1. The molecule has 7 nitrogen and oxygen atoms in total. The van der Waals surface area contributed by atoms with Gasteiger partial charge in [-0.05, 0) is 69.3 Å². The number of hydrogen-bond acceptors (Lipinski definition) is 5. The molecule has 2 aliphatic heterocycles. The number of aromatic nitrogens is 1. The molecular weight excluding hydrogens is 416 g/mol. The number of fused-ring (bicyclic) bond motifs is 1. The quantitative estimate of drug-likeness (QED) is 0.754. The number of nitrogens with zero attached hydrogens (tertiary/aromatic N) is 3. The van der Waals surface area contributed by atoms with Crippen molar-refractivity contribution in [3.63, 3.8) is 0 Å². The lowest BCUT2D eigenvalue weighted by atomic mass is 9.87. The van der Waals surface area contributed by atoms with Gasteiger partial charge in [-0.1, -0.05) is 18.2 Å². The molecule has 176 valence electrons. The molecule has 0 unspecified atom stereocenters. The van der Waals surface area contributed by atoms with Crippen molar-refractivity contribution in [2.45, 2.75) is 58.0 Å². The number of pyridine rings is 1. The minimum atomic E-state index is -0.605. The standard InChI is InChI=1S/C26H34N4O3/c1-20-9-7-14-27-23(20)19-30-16-8-13-26(30)12-5-6-15-29(21(2)31)17-18-33-24-11-4-3-10-22(24)28-25(26)32/h3-4,7,9-11,14H,5-6,8,12-13,15-19H2,1-2H3,(H,28,32)/t26-/m1/s1. The Morgan fingerprint density at radius 1 is 1.09 bits per heavy atom. The Hall–Kier alpha value is -2.93. The number of carbonyl (C=O) groups is 2. The third kappa shape index (κ3) is 5.19. The highest BCUT2D eigenvalue weighted by Gasteiger charge is 2.47. The van der Waals surface area contributed by atoms with Crippen molar-refractivity contribution in [1.82, 2.24) is 14.8 Å². The lowest BCUT2D eigenvalue weighted by Crippen LogP contribution is -2.53. The summed E-state index contributed by atoms with van der Waals surface area (Å²) in [7, 11) is 0. The predicted octanol–water partition coefficient (Wildman–Crippen LogP) is 3.77. The van der Waals surface area contributed by atoms with Crippen molar-refractivity contribution in [2.75, 3.05) is 31.6 Å². The van der Waals surface area contributed by atoms with E-state index < -0.39 is 5.54 Å². The summed E-state index contributed by atoms with van der Waals surface area (Å²) >= 11 is 0. The lowest BCUT2D eigenvalue weighted by Gasteiger charge is -2.37. The van der Waals surface area contributed by atoms with E-state index in [2.05, 4.69) is 28.2 Å². The molecule has 1 saturated heterocycles. The SMILES string of the molecule is CC(=O)N1CCCC[C@@]2(CCCN2Cc2ncccc2C)C(=O)Nc2ccccc2OCC1. The molecule has 0 aliphatic carbocycles. The fourth-order valence-electron chi connectivity index (χ4n) is 5.03. The van der Waals surface area contributed by atoms with Gasteiger partial charge in [0.25, 0.3) is 0 Å². The molecular formula is C26H34N4O3. The Morgan fingerprint density at radius 3 is 2.73 bits per heavy atom. The van der Waals surface area contributed by atoms with E-state index in [0.29, 0.717) is 37.7 Å². The van der Waals surface area contributed by atoms with Crippen LogP contribution < -0.4 is 10.1 Å². The van der Waals surface area contributed by atoms with Crippen molar-refractivity contribution in [2.24, 2.45) is 0 Å². The molecule has 1 atom stereocenters. The maximum absolute atomic E-state index is 13.9. The van der Waals surface area contributed by atoms with Crippen molar-refractivity contribution < 1.29 is 14.3 Å². The molecule has 1 aromatic carbocycles. The fraction of sp³-hybridized carbons (Fsp3) is 0.500. The van der Waals surface area contributed by atoms with Crippen LogP contribution in [0.2, 0.25) is 0 Å². The number of rotatable bonds is 2. The van der Waals surface area contributed by atoms with Crippen molar-refractivity contribution in [3.05, 3.63) is 53.9 Å². The molecule has 2 aliphatic rings. The number of nitrogens with one attached hydrogen (secondary N) is 1. The first-order valence-corrected chi connectivity index (χ1v) is 11.9. The van der Waals surface area contributed by atoms with Crippen molar-refractivity contribution >= 4 is 17.5 Å². The van der Waals surface area contributed by atoms with Gasteiger partial charge in [-0.15, -0.1) is 0 Å². The number of aryl methyl sites for hydroxylation is 1. The highest BCUT2D eigenvalue weighted by molar-refractivity contribution is 5.99. The third-order valence-electron chi connectivity index (χ3n) is 6.97. The highest BCUT2D eigenvalue weighted by Crippen LogP contribution is 2.38. The Labute approximate surface area is 196 Å². The zero-order chi connectivity index (χ0) is 23.3. The lowest BCUT2D eigenvalue weighted by molar-refractivity contribution is -0.130. The minimum Gasteiger partial charge on any atom is -0.490 e. The first-order valence-electron chi connectivity index (χ1n) is 11.9. The largest absolute Gasteiger partial charge is 0.490 e. The van der Waals surface area contributed by atoms with Gasteiger partial charge in [0.05, 0.1) is 17.9 Å². The van der Waals surface area contributed by atoms with E-state index in [1.807, 2.05) is 41.4 Å². The third-order valence-corrected chi connectivity index (χ3v) is 6.97. The van der Waals surface area contributed by atoms with Gasteiger partial charge < -0.3 is 15.0 Å². The molecule has 3 heterocycles. The summed E-state index contributed by atoms with van der Waals surface area (Å²) in [5.74, 6) is 0.708. The zero-order valence-electron chi connectivity index (χ0n) is 19.7. The molecule has 4 rings (SSSR count). The molecule has 0 saturated carbocycles. The van der Waals surface area contributed by atoms with Gasteiger partial charge in [-0.3, -0.25) is 19.5 Å². The summed E-state index contributed by atoms with van der Waals surface area (Å²) in [5.41, 5.74) is 2.23. The number of carbonyl (C=O) groups excluding carboxylic acids is 2. The molecule has 1 N–H and O–H groups in total. The zero-order valence-corrected chi connectivity index (χ0v) is 19.7. The van der Waals surface area contributed by atoms with E-state index in [1.54, 1.807) is 6.92 Å². The van der Waals surface area contributed by atoms with E-state index in [1.165, 1.54) is 0 Å². The molecule has 2 amide bonds. The minimum absolute atomic E-state index is 0.0207. The fourth-order valence-corrected chi connectivity index (χ4v) is 5.03. The monoisotopic (exact) mass is 450 g/mol. The van der Waals surface area contributed by atoms with Crippen LogP contribution in [0, 0.1) is 6.92 Å². The average molecular weight is 451 g/mol. The van der Waals surface area contributed by atoms with E-state index in [-0.39, 0.29) is 11.8 Å². The molecule has 0 bridgehead atoms. The van der Waals surface area contributed by atoms with Crippen LogP contribution in [0.5, 0.6) is 5.75 Å². The molecule has 1 spiro atoms. The predicted molar refractivity (Wildman–Crippen MR) is 128 cm³/mol. The topological polar surface area (TPSA) is 74.8 Å². The summed E-state index contributed by atoms with van der Waals surface area (Å²) in [5, 5.41) is 3.19. The highest BCUT2D eigenvalue weighted by atomic mass is 16.5. The normalized spacial score (nSPS) is 22.5. The summed E-state index contributed by atoms with van der Waals surface area (Å²) < 4.78 is 5.99. The van der Waals surface area contributed by atoms with Crippen LogP contribution in [0.25, 0.3) is 0 Å². The van der Waals surface area contributed by atoms with Crippen molar-refractivity contribution in [1.29, 1.82) is 0 Å². The summed E-state index contributed by atoms with van der Waals surface area (Å²) in [6.45, 7) is 6.79. The molecule has 2 aromatic rings. The smallest absolute Gasteiger partial charge is 0.245 e. The van der Waals surface area contributed by atoms with Gasteiger partial charge in [-0.25, -0.2) is 0 Å². The van der Waals surface area contributed by atoms with Gasteiger partial charge in [0.2, 0.25) is 11.8 Å². The van der Waals surface area contributed by atoms with E-state index in [9.17, 15) is 9.59 Å². The second-order valence-corrected chi connectivity index (χ2v) is 9.09. The molecule has 33 heavy (non-hydrogen) atoms. The first kappa shape index (κ1) is 23.2. The van der Waals surface area contributed by atoms with Gasteiger partial charge in [0, 0.05) is 26.2 Å². The van der Waals surface area contributed by atoms with Crippen molar-refractivity contribution in [3.8, 4) is 5.75 Å². The average Bonchev–Trinajstić information content (AvgIpc) is 3.21. The second-order valence-electron chi connectivity index (χ2n) is 9.09. The first-order chi connectivity index (χ1) is 16.0. The Balaban J connectivity index is 1.64. The van der Waals surface area contributed by atoms with E-state index in [0.717, 1.165) is 49.9 Å². The molecule has 0 radical (unpaired) electrons. The van der Waals surface area contributed by atoms with E-state index >= 15 is 0 Å². The summed E-state index contributed by atoms with van der Waals surface area (Å²) in [4.78, 5) is 34.7. The number of amides is 2. The van der Waals surface area contributed by atoms with Crippen LogP contribution in [-0.4, -0.2) is 58.4 Å². The Bertz CT molecular complexity index is 995. The number of para-hydroxylation sites is 2. The van der Waals surface area contributed by atoms with Gasteiger partial charge >= 0.3 is 0 Å². The van der Waals surface area contributed by atoms with Crippen LogP contribution in [0.1, 0.15) is 50.3 Å². The second kappa shape index (κ2) is 10.3. The maximum Gasteiger partial charge on any atom is 0.245 e. The van der Waals surface area contributed by atoms with Crippen LogP contribution >= 0.6 is 0 Å². The molecule has 1 fully saturated rings. The molecule has 7 heteroatoms. The molecule has 1 aromatic heterocycles. The maximum atomic E-state index is 13.9. The number of benzene rings is 1. The van der Waals surface area contributed by atoms with Crippen LogP contribution in [-0.2, 0) is 16.1 Å².